The Bertz CT molecular complexity index is 1250. The second-order valence-corrected chi connectivity index (χ2v) is 6.80. The number of pyridine rings is 1. The fraction of sp³-hybridized carbons (Fsp3) is 0.0417. The molecular weight excluding hydrogens is 334 g/mol. The number of fused-ring (bicyclic) bond motifs is 3. The molecule has 0 aliphatic heterocycles. The number of nitrogens with zero attached hydrogens (tertiary/aromatic N) is 1. The van der Waals surface area contributed by atoms with Crippen LogP contribution in [0.4, 0.5) is 0 Å². The third kappa shape index (κ3) is 2.25. The third-order valence-electron chi connectivity index (χ3n) is 5.09. The van der Waals surface area contributed by atoms with Gasteiger partial charge in [-0.1, -0.05) is 72.3 Å². The second kappa shape index (κ2) is 5.71. The lowest BCUT2D eigenvalue weighted by Gasteiger charge is -2.21. The fourth-order valence-corrected chi connectivity index (χ4v) is 3.76. The normalized spacial score (nSPS) is 12.8. The summed E-state index contributed by atoms with van der Waals surface area (Å²) in [6.45, 7) is 2.02. The molecule has 27 heavy (non-hydrogen) atoms. The highest BCUT2D eigenvalue weighted by atomic mass is 16.1. The Morgan fingerprint density at radius 2 is 1.30 bits per heavy atom. The Labute approximate surface area is 156 Å². The summed E-state index contributed by atoms with van der Waals surface area (Å²) in [7, 11) is 0. The van der Waals surface area contributed by atoms with Gasteiger partial charge in [0, 0.05) is 22.1 Å². The smallest absolute Gasteiger partial charge is 0.212 e. The van der Waals surface area contributed by atoms with Crippen molar-refractivity contribution in [1.82, 2.24) is 4.98 Å². The minimum Gasteiger partial charge on any atom is -0.288 e. The van der Waals surface area contributed by atoms with Crippen LogP contribution in [0, 0.1) is 6.92 Å². The van der Waals surface area contributed by atoms with Gasteiger partial charge >= 0.3 is 0 Å². The molecule has 1 aliphatic rings. The standard InChI is InChI=1S/C24H15NO2/c1-14-10-12-15(13-11-14)20-18-8-4-5-9-19(18)25-22-21(20)23(26)16-6-2-3-7-17(16)24(22)27/h2-13H,1H3. The number of rotatable bonds is 1. The van der Waals surface area contributed by atoms with E-state index in [1.807, 2.05) is 55.5 Å². The molecular formula is C24H15NO2. The summed E-state index contributed by atoms with van der Waals surface area (Å²) in [4.78, 5) is 31.1. The first kappa shape index (κ1) is 15.6. The van der Waals surface area contributed by atoms with Crippen LogP contribution in [0.1, 0.15) is 37.5 Å². The van der Waals surface area contributed by atoms with Crippen molar-refractivity contribution in [2.24, 2.45) is 0 Å². The van der Waals surface area contributed by atoms with Gasteiger partial charge in [0.2, 0.25) is 5.78 Å². The first-order valence-electron chi connectivity index (χ1n) is 8.83. The number of para-hydroxylation sites is 1. The average molecular weight is 349 g/mol. The lowest BCUT2D eigenvalue weighted by atomic mass is 9.81. The molecule has 3 aromatic carbocycles. The molecule has 128 valence electrons. The summed E-state index contributed by atoms with van der Waals surface area (Å²) in [5.41, 5.74) is 5.06. The molecule has 0 spiro atoms. The van der Waals surface area contributed by atoms with Crippen molar-refractivity contribution in [3.05, 3.63) is 101 Å². The third-order valence-corrected chi connectivity index (χ3v) is 5.09. The molecule has 0 atom stereocenters. The lowest BCUT2D eigenvalue weighted by molar-refractivity contribution is 0.0976. The van der Waals surface area contributed by atoms with E-state index in [2.05, 4.69) is 4.98 Å². The number of ketones is 2. The molecule has 0 bridgehead atoms. The van der Waals surface area contributed by atoms with Crippen LogP contribution in [0.15, 0.2) is 72.8 Å². The highest BCUT2D eigenvalue weighted by molar-refractivity contribution is 6.31. The number of aryl methyl sites for hydroxylation is 1. The predicted molar refractivity (Wildman–Crippen MR) is 105 cm³/mol. The van der Waals surface area contributed by atoms with E-state index in [0.29, 0.717) is 22.2 Å². The van der Waals surface area contributed by atoms with E-state index in [1.54, 1.807) is 24.3 Å². The van der Waals surface area contributed by atoms with Crippen LogP contribution < -0.4 is 0 Å². The summed E-state index contributed by atoms with van der Waals surface area (Å²) in [6.07, 6.45) is 0. The van der Waals surface area contributed by atoms with E-state index >= 15 is 0 Å². The Morgan fingerprint density at radius 3 is 2.04 bits per heavy atom. The largest absolute Gasteiger partial charge is 0.288 e. The van der Waals surface area contributed by atoms with Gasteiger partial charge in [-0.05, 0) is 18.6 Å². The van der Waals surface area contributed by atoms with Crippen LogP contribution in [0.2, 0.25) is 0 Å². The quantitative estimate of drug-likeness (QED) is 0.428. The van der Waals surface area contributed by atoms with Gasteiger partial charge in [-0.3, -0.25) is 9.59 Å². The molecule has 0 unspecified atom stereocenters. The summed E-state index contributed by atoms with van der Waals surface area (Å²) in [5, 5.41) is 0.876. The zero-order valence-corrected chi connectivity index (χ0v) is 14.7. The van der Waals surface area contributed by atoms with Crippen molar-refractivity contribution in [1.29, 1.82) is 0 Å². The topological polar surface area (TPSA) is 47.0 Å². The Balaban J connectivity index is 1.93. The molecule has 3 heteroatoms. The molecule has 0 fully saturated rings. The summed E-state index contributed by atoms with van der Waals surface area (Å²) in [5.74, 6) is -0.339. The van der Waals surface area contributed by atoms with Crippen molar-refractivity contribution in [2.45, 2.75) is 6.92 Å². The van der Waals surface area contributed by atoms with E-state index in [0.717, 1.165) is 22.1 Å². The van der Waals surface area contributed by atoms with Crippen molar-refractivity contribution in [2.75, 3.05) is 0 Å². The van der Waals surface area contributed by atoms with Crippen molar-refractivity contribution < 1.29 is 9.59 Å². The van der Waals surface area contributed by atoms with Gasteiger partial charge in [0.1, 0.15) is 5.69 Å². The molecule has 3 nitrogen and oxygen atoms in total. The van der Waals surface area contributed by atoms with Crippen LogP contribution in [-0.2, 0) is 0 Å². The number of hydrogen-bond donors (Lipinski definition) is 0. The van der Waals surface area contributed by atoms with Crippen LogP contribution in [0.25, 0.3) is 22.0 Å². The zero-order valence-electron chi connectivity index (χ0n) is 14.7. The summed E-state index contributed by atoms with van der Waals surface area (Å²) >= 11 is 0. The Hall–Kier alpha value is -3.59. The number of aromatic nitrogens is 1. The highest BCUT2D eigenvalue weighted by Gasteiger charge is 2.34. The Morgan fingerprint density at radius 1 is 0.667 bits per heavy atom. The number of hydrogen-bond acceptors (Lipinski definition) is 3. The second-order valence-electron chi connectivity index (χ2n) is 6.80. The van der Waals surface area contributed by atoms with E-state index < -0.39 is 0 Å². The van der Waals surface area contributed by atoms with Gasteiger partial charge in [0.25, 0.3) is 0 Å². The van der Waals surface area contributed by atoms with Gasteiger partial charge in [-0.15, -0.1) is 0 Å². The maximum Gasteiger partial charge on any atom is 0.212 e. The SMILES string of the molecule is Cc1ccc(-c2c3c(nc4ccccc24)C(=O)c2ccccc2C3=O)cc1. The van der Waals surface area contributed by atoms with Gasteiger partial charge in [0.15, 0.2) is 5.78 Å². The maximum absolute atomic E-state index is 13.4. The van der Waals surface area contributed by atoms with Gasteiger partial charge in [-0.25, -0.2) is 4.98 Å². The van der Waals surface area contributed by atoms with Gasteiger partial charge in [0.05, 0.1) is 11.1 Å². The molecule has 5 rings (SSSR count). The number of carbonyl (C=O) groups excluding carboxylic acids is 2. The van der Waals surface area contributed by atoms with E-state index in [9.17, 15) is 9.59 Å². The monoisotopic (exact) mass is 349 g/mol. The van der Waals surface area contributed by atoms with Crippen LogP contribution in [-0.4, -0.2) is 16.6 Å². The minimum atomic E-state index is -0.195. The van der Waals surface area contributed by atoms with Crippen molar-refractivity contribution in [3.63, 3.8) is 0 Å². The molecule has 1 aromatic heterocycles. The summed E-state index contributed by atoms with van der Waals surface area (Å²) in [6, 6.07) is 22.6. The molecule has 0 saturated carbocycles. The summed E-state index contributed by atoms with van der Waals surface area (Å²) < 4.78 is 0. The van der Waals surface area contributed by atoms with E-state index in [4.69, 9.17) is 0 Å². The highest BCUT2D eigenvalue weighted by Crippen LogP contribution is 2.38. The van der Waals surface area contributed by atoms with E-state index in [1.165, 1.54) is 0 Å². The Kier molecular flexibility index (Phi) is 3.31. The molecule has 1 aliphatic carbocycles. The van der Waals surface area contributed by atoms with Gasteiger partial charge in [-0.2, -0.15) is 0 Å². The average Bonchev–Trinajstić information content (AvgIpc) is 2.71. The first-order chi connectivity index (χ1) is 13.1. The predicted octanol–water partition coefficient (Wildman–Crippen LogP) is 4.99. The van der Waals surface area contributed by atoms with Crippen LogP contribution in [0.3, 0.4) is 0 Å². The fourth-order valence-electron chi connectivity index (χ4n) is 3.76. The van der Waals surface area contributed by atoms with Crippen molar-refractivity contribution in [3.8, 4) is 11.1 Å². The maximum atomic E-state index is 13.4. The molecule has 0 N–H and O–H groups in total. The first-order valence-corrected chi connectivity index (χ1v) is 8.83. The number of carbonyl (C=O) groups is 2. The van der Waals surface area contributed by atoms with Crippen molar-refractivity contribution >= 4 is 22.5 Å². The lowest BCUT2D eigenvalue weighted by Crippen LogP contribution is -2.23. The zero-order chi connectivity index (χ0) is 18.5. The number of benzene rings is 3. The molecule has 4 aromatic rings. The molecule has 0 amide bonds. The molecule has 1 heterocycles. The van der Waals surface area contributed by atoms with Gasteiger partial charge < -0.3 is 0 Å². The molecule has 0 radical (unpaired) electrons. The van der Waals surface area contributed by atoms with Crippen LogP contribution in [0.5, 0.6) is 0 Å². The van der Waals surface area contributed by atoms with E-state index in [-0.39, 0.29) is 17.3 Å². The van der Waals surface area contributed by atoms with Crippen LogP contribution >= 0.6 is 0 Å². The minimum absolute atomic E-state index is 0.144. The molecule has 0 saturated heterocycles.